The van der Waals surface area contributed by atoms with Gasteiger partial charge in [0, 0.05) is 25.0 Å². The Morgan fingerprint density at radius 1 is 1.24 bits per heavy atom. The molecule has 0 spiro atoms. The lowest BCUT2D eigenvalue weighted by Gasteiger charge is -2.15. The van der Waals surface area contributed by atoms with Crippen LogP contribution in [0.25, 0.3) is 0 Å². The Morgan fingerprint density at radius 2 is 1.82 bits per heavy atom. The fraction of sp³-hybridized carbons (Fsp3) is 0.417. The van der Waals surface area contributed by atoms with E-state index in [9.17, 15) is 8.78 Å². The Bertz CT molecular complexity index is 475. The molecule has 5 heteroatoms. The van der Waals surface area contributed by atoms with Gasteiger partial charge in [0.25, 0.3) is 5.92 Å². The summed E-state index contributed by atoms with van der Waals surface area (Å²) in [6.45, 7) is 1.64. The summed E-state index contributed by atoms with van der Waals surface area (Å²) in [5.74, 6) is -2.44. The van der Waals surface area contributed by atoms with Gasteiger partial charge in [-0.15, -0.1) is 0 Å². The predicted molar refractivity (Wildman–Crippen MR) is 56.3 cm³/mol. The molecule has 0 saturated heterocycles. The van der Waals surface area contributed by atoms with Crippen molar-refractivity contribution >= 4 is 0 Å². The first-order valence-corrected chi connectivity index (χ1v) is 5.24. The smallest absolute Gasteiger partial charge is 0.271 e. The maximum absolute atomic E-state index is 13.3. The zero-order chi connectivity index (χ0) is 12.5. The summed E-state index contributed by atoms with van der Waals surface area (Å²) in [5.41, 5.74) is -0.411. The first-order chi connectivity index (χ1) is 8.02. The molecule has 0 aromatic heterocycles. The number of hydrogen-bond acceptors (Lipinski definition) is 3. The zero-order valence-corrected chi connectivity index (χ0v) is 9.30. The van der Waals surface area contributed by atoms with E-state index in [1.165, 1.54) is 12.1 Å². The molecule has 0 fully saturated rings. The van der Waals surface area contributed by atoms with E-state index in [0.29, 0.717) is 25.4 Å². The van der Waals surface area contributed by atoms with Crippen LogP contribution in [0.2, 0.25) is 0 Å². The summed E-state index contributed by atoms with van der Waals surface area (Å²) in [6, 6.07) is 4.26. The maximum Gasteiger partial charge on any atom is 0.271 e. The van der Waals surface area contributed by atoms with Crippen molar-refractivity contribution in [1.29, 1.82) is 5.26 Å². The largest absolute Gasteiger partial charge is 0.490 e. The first-order valence-electron chi connectivity index (χ1n) is 5.24. The van der Waals surface area contributed by atoms with Crippen LogP contribution in [0, 0.1) is 11.3 Å². The minimum Gasteiger partial charge on any atom is -0.490 e. The van der Waals surface area contributed by atoms with E-state index in [0.717, 1.165) is 6.92 Å². The molecular weight excluding hydrogens is 228 g/mol. The third-order valence-electron chi connectivity index (χ3n) is 2.48. The highest BCUT2D eigenvalue weighted by atomic mass is 19.3. The molecule has 0 bridgehead atoms. The highest BCUT2D eigenvalue weighted by molar-refractivity contribution is 5.53. The van der Waals surface area contributed by atoms with Gasteiger partial charge in [0.15, 0.2) is 11.5 Å². The van der Waals surface area contributed by atoms with E-state index in [2.05, 4.69) is 0 Å². The molecule has 1 heterocycles. The summed E-state index contributed by atoms with van der Waals surface area (Å²) < 4.78 is 37.3. The van der Waals surface area contributed by atoms with E-state index < -0.39 is 5.92 Å². The SMILES string of the molecule is CC(F)(F)c1cc2c(cc1C#N)OCCCO2. The number of benzene rings is 1. The van der Waals surface area contributed by atoms with E-state index in [1.807, 2.05) is 0 Å². The van der Waals surface area contributed by atoms with Crippen molar-refractivity contribution in [3.8, 4) is 17.6 Å². The van der Waals surface area contributed by atoms with Gasteiger partial charge < -0.3 is 9.47 Å². The third kappa shape index (κ3) is 2.31. The molecule has 1 aromatic carbocycles. The van der Waals surface area contributed by atoms with Crippen molar-refractivity contribution in [3.63, 3.8) is 0 Å². The van der Waals surface area contributed by atoms with Gasteiger partial charge in [0.1, 0.15) is 0 Å². The average Bonchev–Trinajstić information content (AvgIpc) is 2.50. The summed E-state index contributed by atoms with van der Waals surface area (Å²) in [6.07, 6.45) is 0.689. The molecule has 1 aromatic rings. The Labute approximate surface area is 97.6 Å². The minimum absolute atomic E-state index is 0.0817. The van der Waals surface area contributed by atoms with Gasteiger partial charge in [-0.2, -0.15) is 5.26 Å². The lowest BCUT2D eigenvalue weighted by molar-refractivity contribution is 0.0169. The molecule has 0 unspecified atom stereocenters. The van der Waals surface area contributed by atoms with Crippen LogP contribution < -0.4 is 9.47 Å². The van der Waals surface area contributed by atoms with Crippen LogP contribution in [-0.2, 0) is 5.92 Å². The van der Waals surface area contributed by atoms with Crippen LogP contribution in [-0.4, -0.2) is 13.2 Å². The summed E-state index contributed by atoms with van der Waals surface area (Å²) in [7, 11) is 0. The molecule has 2 rings (SSSR count). The Balaban J connectivity index is 2.55. The molecule has 17 heavy (non-hydrogen) atoms. The predicted octanol–water partition coefficient (Wildman–Crippen LogP) is 2.83. The highest BCUT2D eigenvalue weighted by Gasteiger charge is 2.30. The third-order valence-corrected chi connectivity index (χ3v) is 2.48. The number of hydrogen-bond donors (Lipinski definition) is 0. The van der Waals surface area contributed by atoms with E-state index >= 15 is 0 Å². The first kappa shape index (κ1) is 11.6. The van der Waals surface area contributed by atoms with Crippen molar-refractivity contribution in [2.24, 2.45) is 0 Å². The molecule has 1 aliphatic rings. The summed E-state index contributed by atoms with van der Waals surface area (Å²) in [5, 5.41) is 8.87. The molecule has 0 amide bonds. The average molecular weight is 239 g/mol. The number of nitriles is 1. The number of alkyl halides is 2. The molecule has 1 aliphatic heterocycles. The number of nitrogens with zero attached hydrogens (tertiary/aromatic N) is 1. The topological polar surface area (TPSA) is 42.2 Å². The molecule has 0 atom stereocenters. The lowest BCUT2D eigenvalue weighted by Crippen LogP contribution is -2.10. The van der Waals surface area contributed by atoms with Crippen molar-refractivity contribution in [2.45, 2.75) is 19.3 Å². The van der Waals surface area contributed by atoms with Crippen LogP contribution in [0.4, 0.5) is 8.78 Å². The summed E-state index contributed by atoms with van der Waals surface area (Å²) >= 11 is 0. The molecule has 3 nitrogen and oxygen atoms in total. The van der Waals surface area contributed by atoms with Crippen LogP contribution in [0.3, 0.4) is 0 Å². The Hall–Kier alpha value is -1.83. The second-order valence-electron chi connectivity index (χ2n) is 3.90. The van der Waals surface area contributed by atoms with Gasteiger partial charge in [0.2, 0.25) is 0 Å². The fourth-order valence-corrected chi connectivity index (χ4v) is 1.66. The fourth-order valence-electron chi connectivity index (χ4n) is 1.66. The second-order valence-corrected chi connectivity index (χ2v) is 3.90. The van der Waals surface area contributed by atoms with Crippen LogP contribution in [0.15, 0.2) is 12.1 Å². The van der Waals surface area contributed by atoms with Gasteiger partial charge in [-0.25, -0.2) is 8.78 Å². The van der Waals surface area contributed by atoms with Crippen molar-refractivity contribution in [2.75, 3.05) is 13.2 Å². The van der Waals surface area contributed by atoms with Gasteiger partial charge in [0.05, 0.1) is 24.8 Å². The zero-order valence-electron chi connectivity index (χ0n) is 9.30. The molecule has 90 valence electrons. The number of ether oxygens (including phenoxy) is 2. The Morgan fingerprint density at radius 3 is 2.35 bits per heavy atom. The monoisotopic (exact) mass is 239 g/mol. The van der Waals surface area contributed by atoms with Crippen LogP contribution in [0.1, 0.15) is 24.5 Å². The van der Waals surface area contributed by atoms with Gasteiger partial charge >= 0.3 is 0 Å². The van der Waals surface area contributed by atoms with Crippen LogP contribution in [0.5, 0.6) is 11.5 Å². The molecule has 0 aliphatic carbocycles. The second kappa shape index (κ2) is 4.21. The highest BCUT2D eigenvalue weighted by Crippen LogP contribution is 2.38. The Kier molecular flexibility index (Phi) is 2.88. The number of fused-ring (bicyclic) bond motifs is 1. The van der Waals surface area contributed by atoms with Crippen LogP contribution >= 0.6 is 0 Å². The number of rotatable bonds is 1. The maximum atomic E-state index is 13.3. The van der Waals surface area contributed by atoms with E-state index in [1.54, 1.807) is 6.07 Å². The lowest BCUT2D eigenvalue weighted by atomic mass is 10.0. The summed E-state index contributed by atoms with van der Waals surface area (Å²) in [4.78, 5) is 0. The van der Waals surface area contributed by atoms with Gasteiger partial charge in [-0.3, -0.25) is 0 Å². The standard InChI is InChI=1S/C12H11F2NO2/c1-12(13,14)9-6-11-10(5-8(9)7-15)16-3-2-4-17-11/h5-6H,2-4H2,1H3. The quantitative estimate of drug-likeness (QED) is 0.756. The van der Waals surface area contributed by atoms with E-state index in [4.69, 9.17) is 14.7 Å². The van der Waals surface area contributed by atoms with Crippen molar-refractivity contribution in [1.82, 2.24) is 0 Å². The van der Waals surface area contributed by atoms with Crippen molar-refractivity contribution in [3.05, 3.63) is 23.3 Å². The molecule has 0 saturated carbocycles. The van der Waals surface area contributed by atoms with Crippen molar-refractivity contribution < 1.29 is 18.3 Å². The minimum atomic E-state index is -3.07. The van der Waals surface area contributed by atoms with Gasteiger partial charge in [-0.1, -0.05) is 0 Å². The normalized spacial score (nSPS) is 14.9. The molecule has 0 radical (unpaired) electrons. The van der Waals surface area contributed by atoms with E-state index in [-0.39, 0.29) is 16.9 Å². The molecular formula is C12H11F2NO2. The molecule has 0 N–H and O–H groups in total. The number of halogens is 2. The van der Waals surface area contributed by atoms with Gasteiger partial charge in [-0.05, 0) is 6.07 Å².